The summed E-state index contributed by atoms with van der Waals surface area (Å²) in [6.07, 6.45) is -1.27. The van der Waals surface area contributed by atoms with E-state index in [4.69, 9.17) is 16.3 Å². The van der Waals surface area contributed by atoms with E-state index in [1.165, 1.54) is 28.8 Å². The summed E-state index contributed by atoms with van der Waals surface area (Å²) in [5, 5.41) is 1.02. The highest BCUT2D eigenvalue weighted by Gasteiger charge is 2.40. The number of benzene rings is 3. The van der Waals surface area contributed by atoms with Gasteiger partial charge in [0.1, 0.15) is 0 Å². The topological polar surface area (TPSA) is 49.1 Å². The van der Waals surface area contributed by atoms with E-state index in [0.29, 0.717) is 27.2 Å². The van der Waals surface area contributed by atoms with Crippen molar-refractivity contribution in [3.63, 3.8) is 0 Å². The Bertz CT molecular complexity index is 1710. The average Bonchev–Trinajstić information content (AvgIpc) is 3.33. The van der Waals surface area contributed by atoms with Gasteiger partial charge in [0.15, 0.2) is 5.60 Å². The number of imidazole rings is 1. The van der Waals surface area contributed by atoms with Crippen molar-refractivity contribution in [1.29, 1.82) is 0 Å². The zero-order valence-electron chi connectivity index (χ0n) is 20.8. The Kier molecular flexibility index (Phi) is 6.41. The molecule has 3 aromatic carbocycles. The van der Waals surface area contributed by atoms with Crippen LogP contribution in [-0.4, -0.2) is 21.2 Å². The van der Waals surface area contributed by atoms with Crippen LogP contribution in [0.1, 0.15) is 22.4 Å². The van der Waals surface area contributed by atoms with Crippen molar-refractivity contribution in [2.75, 3.05) is 7.11 Å². The third kappa shape index (κ3) is 4.10. The second kappa shape index (κ2) is 9.45. The van der Waals surface area contributed by atoms with Gasteiger partial charge in [0, 0.05) is 37.7 Å². The molecule has 38 heavy (non-hydrogen) atoms. The van der Waals surface area contributed by atoms with Gasteiger partial charge in [0.05, 0.1) is 29.3 Å². The highest BCUT2D eigenvalue weighted by atomic mass is 35.5. The average molecular weight is 538 g/mol. The standard InChI is InChI=1S/C29H23ClF3N3O2/c1-35-17-34-16-26(35)28(38-3,18-8-11-20(30)12-9-18)19-10-13-25-23(14-19)22(15-27(37)36(25)2)21-6-4-5-7-24(21)29(31,32)33/h4-17H,1-3H3. The van der Waals surface area contributed by atoms with Crippen LogP contribution in [0, 0.1) is 0 Å². The summed E-state index contributed by atoms with van der Waals surface area (Å²) in [5.74, 6) is 0. The summed E-state index contributed by atoms with van der Waals surface area (Å²) in [6, 6.07) is 19.0. The summed E-state index contributed by atoms with van der Waals surface area (Å²) < 4.78 is 51.5. The minimum absolute atomic E-state index is 0.0742. The van der Waals surface area contributed by atoms with E-state index in [-0.39, 0.29) is 11.1 Å². The van der Waals surface area contributed by atoms with Crippen LogP contribution in [0.3, 0.4) is 0 Å². The molecule has 0 aliphatic carbocycles. The molecule has 0 saturated carbocycles. The normalized spacial score (nSPS) is 13.6. The lowest BCUT2D eigenvalue weighted by Crippen LogP contribution is -2.33. The molecule has 0 saturated heterocycles. The van der Waals surface area contributed by atoms with Crippen LogP contribution in [0.2, 0.25) is 5.02 Å². The highest BCUT2D eigenvalue weighted by Crippen LogP contribution is 2.43. The Morgan fingerprint density at radius 3 is 2.21 bits per heavy atom. The van der Waals surface area contributed by atoms with Crippen molar-refractivity contribution in [3.8, 4) is 11.1 Å². The second-order valence-electron chi connectivity index (χ2n) is 9.01. The lowest BCUT2D eigenvalue weighted by molar-refractivity contribution is -0.137. The molecule has 0 aliphatic rings. The summed E-state index contributed by atoms with van der Waals surface area (Å²) in [4.78, 5) is 17.1. The molecule has 194 valence electrons. The third-order valence-electron chi connectivity index (χ3n) is 6.91. The first-order valence-corrected chi connectivity index (χ1v) is 12.0. The number of hydrogen-bond donors (Lipinski definition) is 0. The van der Waals surface area contributed by atoms with Gasteiger partial charge in [-0.3, -0.25) is 4.79 Å². The minimum Gasteiger partial charge on any atom is -0.362 e. The van der Waals surface area contributed by atoms with Crippen LogP contribution in [0.25, 0.3) is 22.0 Å². The number of pyridine rings is 1. The van der Waals surface area contributed by atoms with E-state index >= 15 is 0 Å². The molecular formula is C29H23ClF3N3O2. The maximum absolute atomic E-state index is 14.0. The molecule has 0 aliphatic heterocycles. The molecule has 5 aromatic rings. The molecule has 5 rings (SSSR count). The number of fused-ring (bicyclic) bond motifs is 1. The Labute approximate surface area is 221 Å². The molecule has 2 aromatic heterocycles. The summed E-state index contributed by atoms with van der Waals surface area (Å²) in [5.41, 5.74) is 0.264. The SMILES string of the molecule is COC(c1ccc(Cl)cc1)(c1ccc2c(c1)c(-c1ccccc1C(F)(F)F)cc(=O)n2C)c1cncn1C. The lowest BCUT2D eigenvalue weighted by atomic mass is 9.82. The van der Waals surface area contributed by atoms with E-state index in [2.05, 4.69) is 4.98 Å². The van der Waals surface area contributed by atoms with Gasteiger partial charge in [-0.25, -0.2) is 4.98 Å². The molecule has 5 nitrogen and oxygen atoms in total. The van der Waals surface area contributed by atoms with E-state index in [9.17, 15) is 18.0 Å². The first-order valence-electron chi connectivity index (χ1n) is 11.7. The molecular weight excluding hydrogens is 515 g/mol. The largest absolute Gasteiger partial charge is 0.417 e. The van der Waals surface area contributed by atoms with Crippen LogP contribution in [0.5, 0.6) is 0 Å². The molecule has 9 heteroatoms. The quantitative estimate of drug-likeness (QED) is 0.255. The first-order chi connectivity index (χ1) is 18.1. The number of ether oxygens (including phenoxy) is 1. The van der Waals surface area contributed by atoms with Crippen molar-refractivity contribution in [2.24, 2.45) is 14.1 Å². The Morgan fingerprint density at radius 2 is 1.58 bits per heavy atom. The van der Waals surface area contributed by atoms with Gasteiger partial charge in [-0.15, -0.1) is 0 Å². The molecule has 0 bridgehead atoms. The zero-order valence-corrected chi connectivity index (χ0v) is 21.5. The van der Waals surface area contributed by atoms with Crippen molar-refractivity contribution in [3.05, 3.63) is 123 Å². The number of hydrogen-bond acceptors (Lipinski definition) is 3. The number of nitrogens with zero attached hydrogens (tertiary/aromatic N) is 3. The van der Waals surface area contributed by atoms with E-state index < -0.39 is 22.9 Å². The first kappa shape index (κ1) is 25.8. The number of methoxy groups -OCH3 is 1. The van der Waals surface area contributed by atoms with Crippen LogP contribution in [0.15, 0.2) is 90.1 Å². The minimum atomic E-state index is -4.60. The van der Waals surface area contributed by atoms with E-state index in [0.717, 1.165) is 11.6 Å². The lowest BCUT2D eigenvalue weighted by Gasteiger charge is -2.34. The maximum Gasteiger partial charge on any atom is 0.417 e. The molecule has 0 amide bonds. The number of halogens is 4. The van der Waals surface area contributed by atoms with Crippen LogP contribution < -0.4 is 5.56 Å². The number of aromatic nitrogens is 3. The number of alkyl halides is 3. The van der Waals surface area contributed by atoms with Gasteiger partial charge in [-0.1, -0.05) is 48.0 Å². The maximum atomic E-state index is 14.0. The van der Waals surface area contributed by atoms with Crippen LogP contribution in [0.4, 0.5) is 13.2 Å². The fourth-order valence-electron chi connectivity index (χ4n) is 5.05. The zero-order chi connectivity index (χ0) is 27.2. The smallest absolute Gasteiger partial charge is 0.362 e. The predicted molar refractivity (Wildman–Crippen MR) is 141 cm³/mol. The third-order valence-corrected chi connectivity index (χ3v) is 7.16. The van der Waals surface area contributed by atoms with Gasteiger partial charge in [0.2, 0.25) is 0 Å². The molecule has 1 atom stereocenters. The Morgan fingerprint density at radius 1 is 0.895 bits per heavy atom. The molecule has 0 radical (unpaired) electrons. The molecule has 0 spiro atoms. The fourth-order valence-corrected chi connectivity index (χ4v) is 5.18. The van der Waals surface area contributed by atoms with E-state index in [1.807, 2.05) is 29.8 Å². The molecule has 0 fully saturated rings. The van der Waals surface area contributed by atoms with Gasteiger partial charge in [-0.2, -0.15) is 13.2 Å². The van der Waals surface area contributed by atoms with Crippen molar-refractivity contribution in [1.82, 2.24) is 14.1 Å². The van der Waals surface area contributed by atoms with Crippen molar-refractivity contribution >= 4 is 22.5 Å². The Balaban J connectivity index is 1.89. The summed E-state index contributed by atoms with van der Waals surface area (Å²) in [7, 11) is 4.99. The van der Waals surface area contributed by atoms with Crippen molar-refractivity contribution in [2.45, 2.75) is 11.8 Å². The summed E-state index contributed by atoms with van der Waals surface area (Å²) >= 11 is 6.18. The Hall–Kier alpha value is -3.88. The molecule has 2 heterocycles. The van der Waals surface area contributed by atoms with Gasteiger partial charge < -0.3 is 13.9 Å². The second-order valence-corrected chi connectivity index (χ2v) is 9.45. The van der Waals surface area contributed by atoms with Gasteiger partial charge in [0.25, 0.3) is 5.56 Å². The van der Waals surface area contributed by atoms with E-state index in [1.54, 1.807) is 50.9 Å². The van der Waals surface area contributed by atoms with Crippen LogP contribution >= 0.6 is 11.6 Å². The molecule has 0 N–H and O–H groups in total. The summed E-state index contributed by atoms with van der Waals surface area (Å²) in [6.45, 7) is 0. The number of rotatable bonds is 5. The number of aryl methyl sites for hydroxylation is 2. The fraction of sp³-hybridized carbons (Fsp3) is 0.172. The highest BCUT2D eigenvalue weighted by molar-refractivity contribution is 6.30. The molecule has 1 unspecified atom stereocenters. The van der Waals surface area contributed by atoms with Gasteiger partial charge in [-0.05, 0) is 52.6 Å². The predicted octanol–water partition coefficient (Wildman–Crippen LogP) is 6.55. The monoisotopic (exact) mass is 537 g/mol. The van der Waals surface area contributed by atoms with Crippen LogP contribution in [-0.2, 0) is 30.6 Å². The van der Waals surface area contributed by atoms with Gasteiger partial charge >= 0.3 is 6.18 Å². The van der Waals surface area contributed by atoms with Crippen molar-refractivity contribution < 1.29 is 17.9 Å².